The minimum Gasteiger partial charge on any atom is -0.479 e. The molecular formula is C67H116O12. The fourth-order valence-corrected chi connectivity index (χ4v) is 9.54. The average molecular weight is 1110 g/mol. The second-order valence-corrected chi connectivity index (χ2v) is 22.0. The Hall–Kier alpha value is -3.58. The van der Waals surface area contributed by atoms with Crippen molar-refractivity contribution in [2.24, 2.45) is 0 Å². The van der Waals surface area contributed by atoms with E-state index in [1.54, 1.807) is 0 Å². The van der Waals surface area contributed by atoms with Crippen LogP contribution >= 0.6 is 0 Å². The summed E-state index contributed by atoms with van der Waals surface area (Å²) in [5.74, 6) is -3.14. The molecule has 0 aliphatic carbocycles. The fraction of sp³-hybridized carbons (Fsp3) is 0.791. The summed E-state index contributed by atoms with van der Waals surface area (Å²) < 4.78 is 28.5. The monoisotopic (exact) mass is 1110 g/mol. The van der Waals surface area contributed by atoms with Crippen LogP contribution in [0, 0.1) is 0 Å². The summed E-state index contributed by atoms with van der Waals surface area (Å²) in [6.07, 6.45) is 56.0. The van der Waals surface area contributed by atoms with Gasteiger partial charge < -0.3 is 39.0 Å². The Morgan fingerprint density at radius 3 is 1.18 bits per heavy atom. The number of carboxylic acid groups (broad SMARTS) is 1. The lowest BCUT2D eigenvalue weighted by atomic mass is 9.98. The van der Waals surface area contributed by atoms with Crippen molar-refractivity contribution in [3.05, 3.63) is 60.8 Å². The Bertz CT molecular complexity index is 1600. The molecule has 0 amide bonds. The van der Waals surface area contributed by atoms with E-state index in [4.69, 9.17) is 23.7 Å². The van der Waals surface area contributed by atoms with Crippen LogP contribution in [0.2, 0.25) is 0 Å². The van der Waals surface area contributed by atoms with Crippen LogP contribution in [-0.4, -0.2) is 89.2 Å². The molecule has 6 unspecified atom stereocenters. The van der Waals surface area contributed by atoms with Crippen molar-refractivity contribution in [3.63, 3.8) is 0 Å². The van der Waals surface area contributed by atoms with Crippen LogP contribution in [0.4, 0.5) is 0 Å². The number of aliphatic carboxylic acids is 1. The first-order valence-corrected chi connectivity index (χ1v) is 32.3. The Morgan fingerprint density at radius 1 is 0.418 bits per heavy atom. The maximum atomic E-state index is 13.2. The van der Waals surface area contributed by atoms with E-state index in [0.717, 1.165) is 116 Å². The molecule has 1 heterocycles. The molecule has 1 rings (SSSR count). The summed E-state index contributed by atoms with van der Waals surface area (Å²) in [7, 11) is 0. The normalized spacial score (nSPS) is 18.2. The Morgan fingerprint density at radius 2 is 0.759 bits per heavy atom. The number of ether oxygens (including phenoxy) is 5. The summed E-state index contributed by atoms with van der Waals surface area (Å²) in [5.41, 5.74) is 0. The highest BCUT2D eigenvalue weighted by Crippen LogP contribution is 2.27. The van der Waals surface area contributed by atoms with Crippen molar-refractivity contribution in [1.82, 2.24) is 0 Å². The van der Waals surface area contributed by atoms with Crippen molar-refractivity contribution in [3.8, 4) is 0 Å². The van der Waals surface area contributed by atoms with E-state index < -0.39 is 67.3 Å². The molecule has 0 radical (unpaired) electrons. The number of aliphatic hydroxyl groups is 2. The number of carbonyl (C=O) groups is 4. The van der Waals surface area contributed by atoms with Gasteiger partial charge in [-0.1, -0.05) is 223 Å². The first-order chi connectivity index (χ1) is 38.6. The topological polar surface area (TPSA) is 175 Å². The average Bonchev–Trinajstić information content (AvgIpc) is 3.47. The summed E-state index contributed by atoms with van der Waals surface area (Å²) in [6, 6.07) is 0. The highest BCUT2D eigenvalue weighted by atomic mass is 16.7. The minimum atomic E-state index is -1.91. The molecule has 1 aliphatic rings. The molecule has 456 valence electrons. The standard InChI is InChI=1S/C67H116O12/c1-4-7-10-13-16-19-22-25-28-30-33-35-38-41-44-47-50-53-59(68)75-56-58(77-60(69)54-51-48-45-42-39-36-32-27-24-21-18-15-12-9-6-3)57-76-67-65(63(72)62(71)64(79-67)66(73)74)78-61(70)55-52-49-46-43-40-37-34-31-29-26-23-20-17-14-11-8-5-2/h16,18-19,21,25-29,32,58,62-65,67,71-72H,4-15,17,20,22-24,30-31,33-57H2,1-3H3,(H,73,74)/b19-16-,21-18-,28-25-,29-26-,32-27-. The van der Waals surface area contributed by atoms with Crippen LogP contribution in [0.25, 0.3) is 0 Å². The molecule has 0 aromatic heterocycles. The highest BCUT2D eigenvalue weighted by Gasteiger charge is 2.50. The molecule has 1 aliphatic heterocycles. The molecule has 12 heteroatoms. The molecule has 0 aromatic carbocycles. The van der Waals surface area contributed by atoms with Gasteiger partial charge >= 0.3 is 23.9 Å². The van der Waals surface area contributed by atoms with Gasteiger partial charge in [0.1, 0.15) is 18.8 Å². The molecule has 0 saturated carbocycles. The quantitative estimate of drug-likeness (QED) is 0.0228. The van der Waals surface area contributed by atoms with Gasteiger partial charge in [0.25, 0.3) is 0 Å². The lowest BCUT2D eigenvalue weighted by molar-refractivity contribution is -0.301. The van der Waals surface area contributed by atoms with Crippen LogP contribution in [0.5, 0.6) is 0 Å². The number of hydrogen-bond donors (Lipinski definition) is 3. The second-order valence-electron chi connectivity index (χ2n) is 22.0. The summed E-state index contributed by atoms with van der Waals surface area (Å²) in [4.78, 5) is 51.3. The zero-order valence-corrected chi connectivity index (χ0v) is 50.4. The van der Waals surface area contributed by atoms with Crippen LogP contribution < -0.4 is 0 Å². The van der Waals surface area contributed by atoms with Crippen LogP contribution in [0.15, 0.2) is 60.8 Å². The molecule has 0 bridgehead atoms. The van der Waals surface area contributed by atoms with Gasteiger partial charge in [0.15, 0.2) is 24.6 Å². The third-order valence-corrected chi connectivity index (χ3v) is 14.5. The Balaban J connectivity index is 2.67. The van der Waals surface area contributed by atoms with Crippen molar-refractivity contribution < 1.29 is 58.2 Å². The summed E-state index contributed by atoms with van der Waals surface area (Å²) in [6.45, 7) is 5.95. The number of allylic oxidation sites excluding steroid dienone is 10. The van der Waals surface area contributed by atoms with E-state index in [0.29, 0.717) is 19.3 Å². The van der Waals surface area contributed by atoms with Crippen molar-refractivity contribution in [2.75, 3.05) is 13.2 Å². The molecule has 12 nitrogen and oxygen atoms in total. The fourth-order valence-electron chi connectivity index (χ4n) is 9.54. The van der Waals surface area contributed by atoms with Gasteiger partial charge in [0, 0.05) is 19.3 Å². The minimum absolute atomic E-state index is 0.0533. The van der Waals surface area contributed by atoms with Gasteiger partial charge in [-0.25, -0.2) is 4.79 Å². The molecule has 0 spiro atoms. The van der Waals surface area contributed by atoms with Gasteiger partial charge in [-0.05, 0) is 109 Å². The maximum Gasteiger partial charge on any atom is 0.335 e. The van der Waals surface area contributed by atoms with Crippen molar-refractivity contribution >= 4 is 23.9 Å². The van der Waals surface area contributed by atoms with Gasteiger partial charge in [0.2, 0.25) is 0 Å². The smallest absolute Gasteiger partial charge is 0.335 e. The van der Waals surface area contributed by atoms with E-state index >= 15 is 0 Å². The second kappa shape index (κ2) is 55.0. The molecule has 6 atom stereocenters. The van der Waals surface area contributed by atoms with Crippen molar-refractivity contribution in [1.29, 1.82) is 0 Å². The van der Waals surface area contributed by atoms with Crippen LogP contribution in [0.3, 0.4) is 0 Å². The predicted molar refractivity (Wildman–Crippen MR) is 322 cm³/mol. The Labute approximate surface area is 481 Å². The highest BCUT2D eigenvalue weighted by molar-refractivity contribution is 5.74. The first-order valence-electron chi connectivity index (χ1n) is 32.3. The van der Waals surface area contributed by atoms with E-state index in [2.05, 4.69) is 81.5 Å². The number of hydrogen-bond acceptors (Lipinski definition) is 11. The SMILES string of the molecule is CCCCC/C=C\C/C=C\CCCCCCCCCC(=O)OCC(COC1OC(C(=O)O)C(O)C(O)C1OC(=O)CCCCCCCCC/C=C\CCCCCCCC)OC(=O)CCCCCCC/C=C\C/C=C\CCCCC. The van der Waals surface area contributed by atoms with Gasteiger partial charge in [-0.15, -0.1) is 0 Å². The van der Waals surface area contributed by atoms with Gasteiger partial charge in [-0.2, -0.15) is 0 Å². The first kappa shape index (κ1) is 73.4. The molecule has 1 fully saturated rings. The number of aliphatic hydroxyl groups excluding tert-OH is 2. The molecule has 3 N–H and O–H groups in total. The van der Waals surface area contributed by atoms with E-state index in [9.17, 15) is 34.5 Å². The van der Waals surface area contributed by atoms with Gasteiger partial charge in [0.05, 0.1) is 6.61 Å². The molecule has 0 aromatic rings. The molecular weight excluding hydrogens is 997 g/mol. The lowest BCUT2D eigenvalue weighted by Crippen LogP contribution is -2.61. The molecule has 1 saturated heterocycles. The number of rotatable bonds is 55. The van der Waals surface area contributed by atoms with Gasteiger partial charge in [-0.3, -0.25) is 14.4 Å². The zero-order valence-electron chi connectivity index (χ0n) is 50.4. The zero-order chi connectivity index (χ0) is 57.5. The third-order valence-electron chi connectivity index (χ3n) is 14.5. The van der Waals surface area contributed by atoms with Crippen LogP contribution in [0.1, 0.15) is 290 Å². The van der Waals surface area contributed by atoms with E-state index in [1.165, 1.54) is 116 Å². The maximum absolute atomic E-state index is 13.2. The third kappa shape index (κ3) is 44.7. The van der Waals surface area contributed by atoms with Crippen molar-refractivity contribution in [2.45, 2.75) is 327 Å². The largest absolute Gasteiger partial charge is 0.479 e. The summed E-state index contributed by atoms with van der Waals surface area (Å²) >= 11 is 0. The molecule has 79 heavy (non-hydrogen) atoms. The lowest BCUT2D eigenvalue weighted by Gasteiger charge is -2.40. The van der Waals surface area contributed by atoms with Crippen LogP contribution in [-0.2, 0) is 42.9 Å². The van der Waals surface area contributed by atoms with E-state index in [1.807, 2.05) is 0 Å². The number of unbranched alkanes of at least 4 members (excludes halogenated alkanes) is 31. The summed E-state index contributed by atoms with van der Waals surface area (Å²) in [5, 5.41) is 31.6. The van der Waals surface area contributed by atoms with E-state index in [-0.39, 0.29) is 25.9 Å². The number of esters is 3. The number of carboxylic acids is 1. The number of carbonyl (C=O) groups excluding carboxylic acids is 3. The Kier molecular flexibility index (Phi) is 51.1. The predicted octanol–water partition coefficient (Wildman–Crippen LogP) is 17.1.